The van der Waals surface area contributed by atoms with Gasteiger partial charge in [0.1, 0.15) is 0 Å². The van der Waals surface area contributed by atoms with Gasteiger partial charge < -0.3 is 15.1 Å². The molecule has 0 aromatic heterocycles. The van der Waals surface area contributed by atoms with E-state index >= 15 is 0 Å². The van der Waals surface area contributed by atoms with Gasteiger partial charge >= 0.3 is 0 Å². The van der Waals surface area contributed by atoms with E-state index in [0.717, 1.165) is 18.9 Å². The van der Waals surface area contributed by atoms with Crippen LogP contribution in [-0.2, 0) is 6.42 Å². The smallest absolute Gasteiger partial charge is 0.157 e. The highest BCUT2D eigenvalue weighted by atomic mass is 79.9. The highest BCUT2D eigenvalue weighted by molar-refractivity contribution is 8.93. The van der Waals surface area contributed by atoms with Gasteiger partial charge in [-0.3, -0.25) is 0 Å². The van der Waals surface area contributed by atoms with E-state index in [0.29, 0.717) is 5.92 Å². The van der Waals surface area contributed by atoms with E-state index in [1.54, 1.807) is 12.1 Å². The molecule has 1 aromatic carbocycles. The van der Waals surface area contributed by atoms with Crippen molar-refractivity contribution in [3.05, 3.63) is 23.3 Å². The van der Waals surface area contributed by atoms with Crippen molar-refractivity contribution in [2.75, 3.05) is 19.6 Å². The van der Waals surface area contributed by atoms with E-state index in [9.17, 15) is 10.2 Å². The molecule has 0 spiro atoms. The lowest BCUT2D eigenvalue weighted by molar-refractivity contribution is 0.147. The maximum atomic E-state index is 9.77. The van der Waals surface area contributed by atoms with Gasteiger partial charge in [0.05, 0.1) is 0 Å². The molecule has 0 bridgehead atoms. The lowest BCUT2D eigenvalue weighted by Gasteiger charge is -2.42. The average molecular weight is 342 g/mol. The molecule has 0 unspecified atom stereocenters. The van der Waals surface area contributed by atoms with Crippen molar-refractivity contribution in [2.45, 2.75) is 38.5 Å². The van der Waals surface area contributed by atoms with Crippen LogP contribution in [-0.4, -0.2) is 34.7 Å². The van der Waals surface area contributed by atoms with Crippen LogP contribution in [0.1, 0.15) is 43.2 Å². The molecular formula is C16H24BrNO2. The summed E-state index contributed by atoms with van der Waals surface area (Å²) < 4.78 is 0. The zero-order valence-corrected chi connectivity index (χ0v) is 13.7. The predicted octanol–water partition coefficient (Wildman–Crippen LogP) is 3.44. The third kappa shape index (κ3) is 2.82. The lowest BCUT2D eigenvalue weighted by Crippen LogP contribution is -2.41. The van der Waals surface area contributed by atoms with E-state index in [4.69, 9.17) is 0 Å². The van der Waals surface area contributed by atoms with E-state index in [-0.39, 0.29) is 28.5 Å². The standard InChI is InChI=1S/C16H23NO2.BrH/c1-2-6-17-7-5-11-3-4-12-8-15(18)16(19)9-13(12)14(11)10-17;/h8-9,11,14,18-19H,2-7,10H2,1H3;1H/t11-,14+;/m1./s1. The van der Waals surface area contributed by atoms with Gasteiger partial charge in [-0.25, -0.2) is 0 Å². The molecule has 1 aliphatic carbocycles. The fourth-order valence-electron chi connectivity index (χ4n) is 3.82. The van der Waals surface area contributed by atoms with Crippen LogP contribution >= 0.6 is 17.0 Å². The number of phenols is 2. The zero-order valence-electron chi connectivity index (χ0n) is 12.0. The summed E-state index contributed by atoms with van der Waals surface area (Å²) in [5.74, 6) is 1.35. The van der Waals surface area contributed by atoms with E-state index < -0.39 is 0 Å². The summed E-state index contributed by atoms with van der Waals surface area (Å²) in [7, 11) is 0. The summed E-state index contributed by atoms with van der Waals surface area (Å²) >= 11 is 0. The molecule has 112 valence electrons. The number of rotatable bonds is 2. The van der Waals surface area contributed by atoms with Crippen LogP contribution in [0.2, 0.25) is 0 Å². The van der Waals surface area contributed by atoms with Crippen LogP contribution in [0.25, 0.3) is 0 Å². The molecule has 1 fully saturated rings. The van der Waals surface area contributed by atoms with Crippen molar-refractivity contribution in [2.24, 2.45) is 5.92 Å². The molecule has 2 atom stereocenters. The summed E-state index contributed by atoms with van der Waals surface area (Å²) in [5, 5.41) is 19.4. The summed E-state index contributed by atoms with van der Waals surface area (Å²) in [5.41, 5.74) is 2.50. The maximum Gasteiger partial charge on any atom is 0.157 e. The van der Waals surface area contributed by atoms with Crippen molar-refractivity contribution >= 4 is 17.0 Å². The Balaban J connectivity index is 0.00000147. The van der Waals surface area contributed by atoms with Gasteiger partial charge in [-0.2, -0.15) is 0 Å². The first-order chi connectivity index (χ1) is 9.19. The molecule has 1 aliphatic heterocycles. The first-order valence-corrected chi connectivity index (χ1v) is 7.46. The highest BCUT2D eigenvalue weighted by Crippen LogP contribution is 2.44. The van der Waals surface area contributed by atoms with Gasteiger partial charge in [-0.15, -0.1) is 17.0 Å². The Labute approximate surface area is 131 Å². The quantitative estimate of drug-likeness (QED) is 0.810. The molecule has 1 saturated heterocycles. The number of phenolic OH excluding ortho intramolecular Hbond substituents is 2. The van der Waals surface area contributed by atoms with Gasteiger partial charge in [-0.1, -0.05) is 6.92 Å². The van der Waals surface area contributed by atoms with Crippen molar-refractivity contribution < 1.29 is 10.2 Å². The van der Waals surface area contributed by atoms with Crippen LogP contribution in [0, 0.1) is 5.92 Å². The fourth-order valence-corrected chi connectivity index (χ4v) is 3.82. The topological polar surface area (TPSA) is 43.7 Å². The Morgan fingerprint density at radius 1 is 1.20 bits per heavy atom. The number of nitrogens with zero attached hydrogens (tertiary/aromatic N) is 1. The van der Waals surface area contributed by atoms with Crippen LogP contribution in [0.4, 0.5) is 0 Å². The first-order valence-electron chi connectivity index (χ1n) is 7.46. The molecule has 0 saturated carbocycles. The van der Waals surface area contributed by atoms with Crippen molar-refractivity contribution in [3.63, 3.8) is 0 Å². The van der Waals surface area contributed by atoms with Crippen molar-refractivity contribution in [3.8, 4) is 11.5 Å². The number of hydrogen-bond donors (Lipinski definition) is 2. The number of hydrogen-bond acceptors (Lipinski definition) is 3. The minimum atomic E-state index is 0. The van der Waals surface area contributed by atoms with Crippen molar-refractivity contribution in [1.29, 1.82) is 0 Å². The SMILES string of the molecule is Br.CCCN1CC[C@H]2CCc3cc(O)c(O)cc3[C@H]2C1. The Bertz CT molecular complexity index is 478. The van der Waals surface area contributed by atoms with Gasteiger partial charge in [-0.05, 0) is 73.9 Å². The third-order valence-corrected chi connectivity index (χ3v) is 4.80. The maximum absolute atomic E-state index is 9.77. The number of likely N-dealkylation sites (tertiary alicyclic amines) is 1. The second-order valence-corrected chi connectivity index (χ2v) is 6.03. The lowest BCUT2D eigenvalue weighted by atomic mass is 9.71. The molecule has 1 heterocycles. The summed E-state index contributed by atoms with van der Waals surface area (Å²) in [4.78, 5) is 2.54. The van der Waals surface area contributed by atoms with E-state index in [1.165, 1.54) is 43.5 Å². The Hall–Kier alpha value is -0.740. The Morgan fingerprint density at radius 2 is 1.95 bits per heavy atom. The van der Waals surface area contributed by atoms with Gasteiger partial charge in [0.15, 0.2) is 11.5 Å². The molecule has 2 N–H and O–H groups in total. The molecule has 0 amide bonds. The Morgan fingerprint density at radius 3 is 2.70 bits per heavy atom. The second kappa shape index (κ2) is 6.35. The molecule has 3 nitrogen and oxygen atoms in total. The number of aryl methyl sites for hydroxylation is 1. The van der Waals surface area contributed by atoms with Crippen molar-refractivity contribution in [1.82, 2.24) is 4.90 Å². The molecular weight excluding hydrogens is 318 g/mol. The zero-order chi connectivity index (χ0) is 13.4. The van der Waals surface area contributed by atoms with Gasteiger partial charge in [0.2, 0.25) is 0 Å². The summed E-state index contributed by atoms with van der Waals surface area (Å²) in [6, 6.07) is 3.57. The van der Waals surface area contributed by atoms with Crippen LogP contribution in [0.5, 0.6) is 11.5 Å². The van der Waals surface area contributed by atoms with Crippen LogP contribution in [0.15, 0.2) is 12.1 Å². The molecule has 0 radical (unpaired) electrons. The fraction of sp³-hybridized carbons (Fsp3) is 0.625. The molecule has 1 aromatic rings. The van der Waals surface area contributed by atoms with E-state index in [1.807, 2.05) is 0 Å². The molecule has 20 heavy (non-hydrogen) atoms. The minimum Gasteiger partial charge on any atom is -0.504 e. The normalized spacial score (nSPS) is 25.4. The molecule has 3 rings (SSSR count). The average Bonchev–Trinajstić information content (AvgIpc) is 2.41. The summed E-state index contributed by atoms with van der Waals surface area (Å²) in [6.45, 7) is 5.72. The highest BCUT2D eigenvalue weighted by Gasteiger charge is 2.34. The number of aromatic hydroxyl groups is 2. The first kappa shape index (κ1) is 15.6. The molecule has 4 heteroatoms. The number of piperidine rings is 1. The van der Waals surface area contributed by atoms with Crippen LogP contribution in [0.3, 0.4) is 0 Å². The largest absolute Gasteiger partial charge is 0.504 e. The Kier molecular flexibility index (Phi) is 4.97. The molecule has 2 aliphatic rings. The predicted molar refractivity (Wildman–Crippen MR) is 86.0 cm³/mol. The number of benzene rings is 1. The second-order valence-electron chi connectivity index (χ2n) is 6.03. The summed E-state index contributed by atoms with van der Waals surface area (Å²) in [6.07, 6.45) is 4.73. The monoisotopic (exact) mass is 341 g/mol. The van der Waals surface area contributed by atoms with Crippen LogP contribution < -0.4 is 0 Å². The number of fused-ring (bicyclic) bond motifs is 3. The number of halogens is 1. The van der Waals surface area contributed by atoms with E-state index in [2.05, 4.69) is 11.8 Å². The minimum absolute atomic E-state index is 0. The van der Waals surface area contributed by atoms with Gasteiger partial charge in [0.25, 0.3) is 0 Å². The third-order valence-electron chi connectivity index (χ3n) is 4.80. The van der Waals surface area contributed by atoms with Gasteiger partial charge in [0, 0.05) is 6.54 Å².